The monoisotopic (exact) mass is 1140 g/mol. The van der Waals surface area contributed by atoms with Gasteiger partial charge in [-0.2, -0.15) is 0 Å². The highest BCUT2D eigenvalue weighted by atomic mass is 16.6. The Morgan fingerprint density at radius 2 is 0.488 bits per heavy atom. The molecule has 0 N–H and O–H groups in total. The molecule has 0 heterocycles. The largest absolute Gasteiger partial charge is 0.462 e. The number of esters is 3. The fourth-order valence-electron chi connectivity index (χ4n) is 10.3. The van der Waals surface area contributed by atoms with E-state index in [1.165, 1.54) is 231 Å². The van der Waals surface area contributed by atoms with Crippen molar-refractivity contribution >= 4 is 17.9 Å². The lowest BCUT2D eigenvalue weighted by atomic mass is 10.0. The van der Waals surface area contributed by atoms with Crippen molar-refractivity contribution in [1.82, 2.24) is 0 Å². The van der Waals surface area contributed by atoms with Crippen LogP contribution in [0.15, 0.2) is 85.1 Å². The highest BCUT2D eigenvalue weighted by Crippen LogP contribution is 2.18. The highest BCUT2D eigenvalue weighted by molar-refractivity contribution is 5.71. The van der Waals surface area contributed by atoms with Gasteiger partial charge in [-0.3, -0.25) is 14.4 Å². The van der Waals surface area contributed by atoms with Crippen LogP contribution >= 0.6 is 0 Å². The number of hydrogen-bond donors (Lipinski definition) is 0. The molecule has 0 aromatic rings. The van der Waals surface area contributed by atoms with Gasteiger partial charge in [0.1, 0.15) is 13.2 Å². The van der Waals surface area contributed by atoms with Crippen LogP contribution in [0.3, 0.4) is 0 Å². The first-order chi connectivity index (χ1) is 40.5. The summed E-state index contributed by atoms with van der Waals surface area (Å²) in [5.74, 6) is -0.930. The number of carbonyl (C=O) groups excluding carboxylic acids is 3. The summed E-state index contributed by atoms with van der Waals surface area (Å²) in [7, 11) is 0. The lowest BCUT2D eigenvalue weighted by Gasteiger charge is -2.18. The molecule has 0 fully saturated rings. The van der Waals surface area contributed by atoms with E-state index in [9.17, 15) is 14.4 Å². The van der Waals surface area contributed by atoms with Gasteiger partial charge in [0, 0.05) is 19.3 Å². The predicted molar refractivity (Wildman–Crippen MR) is 358 cm³/mol. The third kappa shape index (κ3) is 67.4. The second kappa shape index (κ2) is 70.1. The van der Waals surface area contributed by atoms with Crippen molar-refractivity contribution < 1.29 is 28.6 Å². The van der Waals surface area contributed by atoms with Gasteiger partial charge in [-0.05, 0) is 89.9 Å². The van der Waals surface area contributed by atoms with Gasteiger partial charge in [0.05, 0.1) is 0 Å². The molecule has 0 aliphatic carbocycles. The number of carbonyl (C=O) groups is 3. The normalized spacial score (nSPS) is 12.6. The molecule has 0 saturated carbocycles. The maximum absolute atomic E-state index is 12.9. The molecule has 0 spiro atoms. The van der Waals surface area contributed by atoms with Crippen LogP contribution in [0.5, 0.6) is 0 Å². The maximum Gasteiger partial charge on any atom is 0.306 e. The van der Waals surface area contributed by atoms with Crippen molar-refractivity contribution in [2.75, 3.05) is 13.2 Å². The minimum atomic E-state index is -0.799. The Morgan fingerprint density at radius 3 is 0.793 bits per heavy atom. The second-order valence-electron chi connectivity index (χ2n) is 23.8. The summed E-state index contributed by atoms with van der Waals surface area (Å²) in [6.45, 7) is 6.52. The van der Waals surface area contributed by atoms with Crippen LogP contribution in [-0.4, -0.2) is 37.2 Å². The van der Waals surface area contributed by atoms with Gasteiger partial charge in [0.15, 0.2) is 6.10 Å². The fraction of sp³-hybridized carbons (Fsp3) is 0.776. The molecule has 1 atom stereocenters. The number of hydrogen-bond acceptors (Lipinski definition) is 6. The maximum atomic E-state index is 12.9. The quantitative estimate of drug-likeness (QED) is 0.0261. The SMILES string of the molecule is CC/C=C\C/C=C\C/C=C\C/C=C\C/C=C\CCCC(=O)OCC(COC(=O)CCCCCCCCCCCCCCCCCCC/C=C\C/C=C\CCCCCCC)OC(=O)CCCCCCCCCCCCCCCCCCCC. The third-order valence-electron chi connectivity index (χ3n) is 15.6. The molecule has 82 heavy (non-hydrogen) atoms. The zero-order chi connectivity index (χ0) is 59.2. The van der Waals surface area contributed by atoms with E-state index in [-0.39, 0.29) is 37.5 Å². The number of unbranched alkanes of at least 4 members (excludes halogenated alkanes) is 40. The molecule has 0 rings (SSSR count). The average Bonchev–Trinajstić information content (AvgIpc) is 3.47. The molecule has 0 radical (unpaired) electrons. The van der Waals surface area contributed by atoms with Gasteiger partial charge >= 0.3 is 17.9 Å². The zero-order valence-electron chi connectivity index (χ0n) is 54.5. The summed E-state index contributed by atoms with van der Waals surface area (Å²) in [6.07, 6.45) is 93.4. The number of allylic oxidation sites excluding steroid dienone is 14. The van der Waals surface area contributed by atoms with E-state index < -0.39 is 6.10 Å². The van der Waals surface area contributed by atoms with E-state index in [0.717, 1.165) is 83.5 Å². The standard InChI is InChI=1S/C76H134O6/c1-4-7-10-13-16-19-22-25-28-31-33-34-35-36-37-38-39-40-41-42-43-46-48-51-54-57-60-63-66-69-75(78)81-72-73(71-80-74(77)68-65-62-59-56-53-50-47-44-30-27-24-21-18-15-12-9-6-3)82-76(79)70-67-64-61-58-55-52-49-45-32-29-26-23-20-17-14-11-8-5-2/h9,12,18,21-22,25,27,30-31,33,47,50,56,59,73H,4-8,10-11,13-17,19-20,23-24,26,28-29,32,34-46,48-49,51-55,57-58,60-72H2,1-3H3/b12-9-,21-18-,25-22-,30-27-,33-31-,50-47-,59-56-. The van der Waals surface area contributed by atoms with Gasteiger partial charge in [-0.1, -0.05) is 337 Å². The molecule has 0 aromatic heterocycles. The van der Waals surface area contributed by atoms with Crippen molar-refractivity contribution in [1.29, 1.82) is 0 Å². The van der Waals surface area contributed by atoms with Crippen LogP contribution in [0, 0.1) is 0 Å². The van der Waals surface area contributed by atoms with E-state index in [4.69, 9.17) is 14.2 Å². The fourth-order valence-corrected chi connectivity index (χ4v) is 10.3. The summed E-state index contributed by atoms with van der Waals surface area (Å²) >= 11 is 0. The Labute approximate surface area is 509 Å². The summed E-state index contributed by atoms with van der Waals surface area (Å²) in [6, 6.07) is 0. The molecular formula is C76H134O6. The van der Waals surface area contributed by atoms with Crippen molar-refractivity contribution in [3.63, 3.8) is 0 Å². The third-order valence-corrected chi connectivity index (χ3v) is 15.6. The van der Waals surface area contributed by atoms with Crippen LogP contribution in [0.1, 0.15) is 361 Å². The zero-order valence-corrected chi connectivity index (χ0v) is 54.5. The number of rotatable bonds is 65. The minimum Gasteiger partial charge on any atom is -0.462 e. The molecule has 474 valence electrons. The van der Waals surface area contributed by atoms with Gasteiger partial charge in [0.25, 0.3) is 0 Å². The van der Waals surface area contributed by atoms with E-state index in [0.29, 0.717) is 19.3 Å². The summed E-state index contributed by atoms with van der Waals surface area (Å²) < 4.78 is 16.9. The minimum absolute atomic E-state index is 0.0900. The lowest BCUT2D eigenvalue weighted by molar-refractivity contribution is -0.167. The summed E-state index contributed by atoms with van der Waals surface area (Å²) in [5.41, 5.74) is 0. The van der Waals surface area contributed by atoms with E-state index >= 15 is 0 Å². The van der Waals surface area contributed by atoms with Crippen LogP contribution in [0.25, 0.3) is 0 Å². The average molecular weight is 1140 g/mol. The summed E-state index contributed by atoms with van der Waals surface area (Å²) in [4.78, 5) is 38.4. The van der Waals surface area contributed by atoms with Crippen LogP contribution in [-0.2, 0) is 28.6 Å². The predicted octanol–water partition coefficient (Wildman–Crippen LogP) is 24.6. The second-order valence-corrected chi connectivity index (χ2v) is 23.8. The van der Waals surface area contributed by atoms with Crippen molar-refractivity contribution in [3.05, 3.63) is 85.1 Å². The molecule has 0 aliphatic heterocycles. The van der Waals surface area contributed by atoms with Gasteiger partial charge in [-0.25, -0.2) is 0 Å². The van der Waals surface area contributed by atoms with E-state index in [1.807, 2.05) is 0 Å². The number of ether oxygens (including phenoxy) is 3. The molecule has 0 amide bonds. The van der Waals surface area contributed by atoms with Gasteiger partial charge in [0.2, 0.25) is 0 Å². The Kier molecular flexibility index (Phi) is 67.2. The molecule has 0 bridgehead atoms. The molecular weight excluding hydrogens is 1010 g/mol. The molecule has 6 heteroatoms. The smallest absolute Gasteiger partial charge is 0.306 e. The topological polar surface area (TPSA) is 78.9 Å². The van der Waals surface area contributed by atoms with Crippen LogP contribution < -0.4 is 0 Å². The van der Waals surface area contributed by atoms with Gasteiger partial charge in [-0.15, -0.1) is 0 Å². The van der Waals surface area contributed by atoms with Crippen LogP contribution in [0.2, 0.25) is 0 Å². The highest BCUT2D eigenvalue weighted by Gasteiger charge is 2.19. The Balaban J connectivity index is 4.30. The molecule has 6 nitrogen and oxygen atoms in total. The van der Waals surface area contributed by atoms with E-state index in [2.05, 4.69) is 106 Å². The first kappa shape index (κ1) is 78.6. The lowest BCUT2D eigenvalue weighted by Crippen LogP contribution is -2.30. The van der Waals surface area contributed by atoms with Crippen molar-refractivity contribution in [2.45, 2.75) is 367 Å². The molecule has 0 aromatic carbocycles. The molecule has 1 unspecified atom stereocenters. The molecule has 0 saturated heterocycles. The Morgan fingerprint density at radius 1 is 0.256 bits per heavy atom. The van der Waals surface area contributed by atoms with Crippen molar-refractivity contribution in [2.24, 2.45) is 0 Å². The van der Waals surface area contributed by atoms with Crippen molar-refractivity contribution in [3.8, 4) is 0 Å². The first-order valence-corrected chi connectivity index (χ1v) is 35.6. The van der Waals surface area contributed by atoms with E-state index in [1.54, 1.807) is 0 Å². The first-order valence-electron chi connectivity index (χ1n) is 35.6. The van der Waals surface area contributed by atoms with Gasteiger partial charge < -0.3 is 14.2 Å². The Hall–Kier alpha value is -3.41. The molecule has 0 aliphatic rings. The summed E-state index contributed by atoms with van der Waals surface area (Å²) in [5, 5.41) is 0. The Bertz CT molecular complexity index is 1550. The van der Waals surface area contributed by atoms with Crippen LogP contribution in [0.4, 0.5) is 0 Å².